The third-order valence-corrected chi connectivity index (χ3v) is 6.61. The highest BCUT2D eigenvalue weighted by molar-refractivity contribution is 6.51. The third-order valence-electron chi connectivity index (χ3n) is 6.05. The molecule has 1 aliphatic heterocycles. The fourth-order valence-electron chi connectivity index (χ4n) is 4.18. The number of hydrogen-bond acceptors (Lipinski definition) is 6. The number of halogens is 2. The minimum absolute atomic E-state index is 0.133. The minimum Gasteiger partial charge on any atom is -0.507 e. The highest BCUT2D eigenvalue weighted by atomic mass is 35.5. The van der Waals surface area contributed by atoms with Crippen LogP contribution in [0.1, 0.15) is 28.5 Å². The first-order valence-corrected chi connectivity index (χ1v) is 11.3. The summed E-state index contributed by atoms with van der Waals surface area (Å²) in [6.07, 6.45) is 1.42. The number of ether oxygens (including phenoxy) is 1. The number of ketones is 1. The Bertz CT molecular complexity index is 1480. The van der Waals surface area contributed by atoms with Gasteiger partial charge in [0.1, 0.15) is 17.6 Å². The van der Waals surface area contributed by atoms with Gasteiger partial charge < -0.3 is 19.2 Å². The molecule has 3 heterocycles. The number of benzene rings is 2. The lowest BCUT2D eigenvalue weighted by Gasteiger charge is -2.20. The van der Waals surface area contributed by atoms with Gasteiger partial charge in [-0.3, -0.25) is 14.5 Å². The van der Waals surface area contributed by atoms with Gasteiger partial charge in [-0.15, -0.1) is 0 Å². The number of nitrogens with zero attached hydrogens (tertiary/aromatic N) is 2. The standard InChI is InChI=1S/C25H19Cl2N3O5/c1-11-7-16-17(8-12(11)2)29-25(28-16)30-20(18-5-4-6-35-18)19(22(32)24(30)33)21(31)13-9-14(26)23(34-3)15(27)10-13/h4-10,20,31H,1-3H3,(H,28,29)/b21-19+. The summed E-state index contributed by atoms with van der Waals surface area (Å²) < 4.78 is 10.7. The number of aromatic nitrogens is 2. The van der Waals surface area contributed by atoms with Gasteiger partial charge in [-0.05, 0) is 61.4 Å². The Hall–Kier alpha value is -3.75. The van der Waals surface area contributed by atoms with E-state index in [2.05, 4.69) is 9.97 Å². The summed E-state index contributed by atoms with van der Waals surface area (Å²) in [7, 11) is 1.41. The minimum atomic E-state index is -1.08. The fourth-order valence-corrected chi connectivity index (χ4v) is 4.83. The summed E-state index contributed by atoms with van der Waals surface area (Å²) in [5.74, 6) is -1.59. The number of imidazole rings is 1. The zero-order valence-electron chi connectivity index (χ0n) is 18.8. The van der Waals surface area contributed by atoms with Gasteiger partial charge in [0.25, 0.3) is 5.78 Å². The first-order chi connectivity index (χ1) is 16.7. The van der Waals surface area contributed by atoms with Gasteiger partial charge in [0.05, 0.1) is 40.0 Å². The zero-order chi connectivity index (χ0) is 25.0. The molecule has 10 heteroatoms. The summed E-state index contributed by atoms with van der Waals surface area (Å²) >= 11 is 12.5. The van der Waals surface area contributed by atoms with Gasteiger partial charge in [-0.2, -0.15) is 0 Å². The fraction of sp³-hybridized carbons (Fsp3) is 0.160. The van der Waals surface area contributed by atoms with E-state index >= 15 is 0 Å². The van der Waals surface area contributed by atoms with E-state index in [0.29, 0.717) is 11.0 Å². The average Bonchev–Trinajstić information content (AvgIpc) is 3.53. The number of hydrogen-bond donors (Lipinski definition) is 2. The van der Waals surface area contributed by atoms with Gasteiger partial charge in [0.15, 0.2) is 5.75 Å². The predicted octanol–water partition coefficient (Wildman–Crippen LogP) is 5.71. The monoisotopic (exact) mass is 511 g/mol. The quantitative estimate of drug-likeness (QED) is 0.206. The Morgan fingerprint density at radius 3 is 2.46 bits per heavy atom. The lowest BCUT2D eigenvalue weighted by Crippen LogP contribution is -2.30. The summed E-state index contributed by atoms with van der Waals surface area (Å²) in [5, 5.41) is 11.5. The molecular formula is C25H19Cl2N3O5. The van der Waals surface area contributed by atoms with Crippen LogP contribution >= 0.6 is 23.2 Å². The Kier molecular flexibility index (Phi) is 5.57. The summed E-state index contributed by atoms with van der Waals surface area (Å²) in [4.78, 5) is 35.4. The van der Waals surface area contributed by atoms with Crippen LogP contribution in [0.5, 0.6) is 5.75 Å². The highest BCUT2D eigenvalue weighted by Gasteiger charge is 2.49. The van der Waals surface area contributed by atoms with Crippen molar-refractivity contribution in [3.05, 3.63) is 80.7 Å². The van der Waals surface area contributed by atoms with Crippen molar-refractivity contribution < 1.29 is 23.8 Å². The highest BCUT2D eigenvalue weighted by Crippen LogP contribution is 2.43. The van der Waals surface area contributed by atoms with E-state index in [4.69, 9.17) is 32.4 Å². The molecule has 1 amide bonds. The molecule has 2 aromatic heterocycles. The van der Waals surface area contributed by atoms with Gasteiger partial charge in [-0.25, -0.2) is 4.98 Å². The van der Waals surface area contributed by atoms with Gasteiger partial charge in [-0.1, -0.05) is 23.2 Å². The number of H-pyrrole nitrogens is 1. The number of anilines is 1. The number of methoxy groups -OCH3 is 1. The van der Waals surface area contributed by atoms with E-state index in [9.17, 15) is 14.7 Å². The summed E-state index contributed by atoms with van der Waals surface area (Å²) in [6, 6.07) is 8.78. The number of rotatable bonds is 4. The average molecular weight is 512 g/mol. The van der Waals surface area contributed by atoms with E-state index in [1.165, 1.54) is 30.4 Å². The Balaban J connectivity index is 1.71. The number of aliphatic hydroxyl groups excluding tert-OH is 1. The van der Waals surface area contributed by atoms with Crippen molar-refractivity contribution in [2.45, 2.75) is 19.9 Å². The van der Waals surface area contributed by atoms with Crippen LogP contribution in [0, 0.1) is 13.8 Å². The second-order valence-electron chi connectivity index (χ2n) is 8.17. The molecule has 1 saturated heterocycles. The molecule has 4 aromatic rings. The molecule has 1 unspecified atom stereocenters. The van der Waals surface area contributed by atoms with Crippen LogP contribution in [0.4, 0.5) is 5.95 Å². The van der Waals surface area contributed by atoms with E-state index < -0.39 is 23.5 Å². The molecule has 0 bridgehead atoms. The number of Topliss-reactive ketones (excluding diaryl/α,β-unsaturated/α-hetero) is 1. The van der Waals surface area contributed by atoms with Crippen LogP contribution in [0.15, 0.2) is 52.7 Å². The number of furan rings is 1. The lowest BCUT2D eigenvalue weighted by molar-refractivity contribution is -0.132. The Morgan fingerprint density at radius 2 is 1.83 bits per heavy atom. The van der Waals surface area contributed by atoms with Crippen molar-refractivity contribution in [2.24, 2.45) is 0 Å². The maximum Gasteiger partial charge on any atom is 0.302 e. The van der Waals surface area contributed by atoms with Crippen LogP contribution in [0.3, 0.4) is 0 Å². The maximum atomic E-state index is 13.3. The van der Waals surface area contributed by atoms with Crippen LogP contribution in [-0.2, 0) is 9.59 Å². The molecule has 1 fully saturated rings. The second-order valence-corrected chi connectivity index (χ2v) is 8.99. The SMILES string of the molecule is COc1c(Cl)cc(/C(O)=C2\C(=O)C(=O)N(c3nc4cc(C)c(C)cc4[nH]3)C2c2ccco2)cc1Cl. The summed E-state index contributed by atoms with van der Waals surface area (Å²) in [5.41, 5.74) is 3.38. The topological polar surface area (TPSA) is 109 Å². The van der Waals surface area contributed by atoms with Gasteiger partial charge >= 0.3 is 5.91 Å². The van der Waals surface area contributed by atoms with Crippen LogP contribution in [0.2, 0.25) is 10.0 Å². The molecule has 178 valence electrons. The molecule has 1 atom stereocenters. The predicted molar refractivity (Wildman–Crippen MR) is 132 cm³/mol. The van der Waals surface area contributed by atoms with Crippen LogP contribution in [-0.4, -0.2) is 33.9 Å². The third kappa shape index (κ3) is 3.66. The van der Waals surface area contributed by atoms with Gasteiger partial charge in [0, 0.05) is 5.56 Å². The Morgan fingerprint density at radius 1 is 1.14 bits per heavy atom. The van der Waals surface area contributed by atoms with E-state index in [-0.39, 0.29) is 38.6 Å². The van der Waals surface area contributed by atoms with Crippen LogP contribution in [0.25, 0.3) is 16.8 Å². The number of carbonyl (C=O) groups excluding carboxylic acids is 2. The molecule has 5 rings (SSSR count). The number of amides is 1. The van der Waals surface area contributed by atoms with Crippen molar-refractivity contribution in [1.29, 1.82) is 0 Å². The van der Waals surface area contributed by atoms with E-state index in [0.717, 1.165) is 11.1 Å². The molecule has 35 heavy (non-hydrogen) atoms. The number of fused-ring (bicyclic) bond motifs is 1. The number of aliphatic hydroxyl groups is 1. The lowest BCUT2D eigenvalue weighted by atomic mass is 9.99. The molecule has 0 spiro atoms. The molecule has 2 N–H and O–H groups in total. The number of nitrogens with one attached hydrogen (secondary N) is 1. The van der Waals surface area contributed by atoms with Crippen molar-refractivity contribution >= 4 is 57.6 Å². The van der Waals surface area contributed by atoms with Crippen LogP contribution < -0.4 is 9.64 Å². The van der Waals surface area contributed by atoms with Crippen molar-refractivity contribution in [3.8, 4) is 5.75 Å². The maximum absolute atomic E-state index is 13.3. The Labute approximate surface area is 209 Å². The largest absolute Gasteiger partial charge is 0.507 e. The van der Waals surface area contributed by atoms with E-state index in [1.54, 1.807) is 12.1 Å². The molecule has 0 saturated carbocycles. The molecule has 1 aliphatic rings. The first-order valence-electron chi connectivity index (χ1n) is 10.6. The molecule has 0 radical (unpaired) electrons. The second kappa shape index (κ2) is 8.48. The van der Waals surface area contributed by atoms with Gasteiger partial charge in [0.2, 0.25) is 5.95 Å². The molecule has 0 aliphatic carbocycles. The molecule has 8 nitrogen and oxygen atoms in total. The van der Waals surface area contributed by atoms with E-state index in [1.807, 2.05) is 26.0 Å². The van der Waals surface area contributed by atoms with Crippen molar-refractivity contribution in [1.82, 2.24) is 9.97 Å². The first kappa shape index (κ1) is 23.0. The normalized spacial score (nSPS) is 17.5. The zero-order valence-corrected chi connectivity index (χ0v) is 20.4. The van der Waals surface area contributed by atoms with Crippen molar-refractivity contribution in [2.75, 3.05) is 12.0 Å². The molecular weight excluding hydrogens is 493 g/mol. The number of carbonyl (C=O) groups is 2. The smallest absolute Gasteiger partial charge is 0.302 e. The number of aryl methyl sites for hydroxylation is 2. The molecule has 2 aromatic carbocycles. The summed E-state index contributed by atoms with van der Waals surface area (Å²) in [6.45, 7) is 3.93. The number of aromatic amines is 1. The van der Waals surface area contributed by atoms with Crippen molar-refractivity contribution in [3.63, 3.8) is 0 Å².